The van der Waals surface area contributed by atoms with E-state index in [-0.39, 0.29) is 0 Å². The first kappa shape index (κ1) is 9.47. The molecule has 1 unspecified atom stereocenters. The Morgan fingerprint density at radius 3 is 2.15 bits per heavy atom. The summed E-state index contributed by atoms with van der Waals surface area (Å²) in [5.74, 6) is 1.01. The summed E-state index contributed by atoms with van der Waals surface area (Å²) in [7, 11) is 0. The Kier molecular flexibility index (Phi) is 2.61. The molecule has 2 nitrogen and oxygen atoms in total. The van der Waals surface area contributed by atoms with Crippen LogP contribution in [0.5, 0.6) is 0 Å². The molecule has 0 aromatic rings. The van der Waals surface area contributed by atoms with Crippen LogP contribution in [0.1, 0.15) is 33.6 Å². The van der Waals surface area contributed by atoms with E-state index in [2.05, 4.69) is 31.0 Å². The molecule has 3 atom stereocenters. The maximum Gasteiger partial charge on any atom is 0.0169 e. The summed E-state index contributed by atoms with van der Waals surface area (Å²) in [4.78, 5) is 2.67. The van der Waals surface area contributed by atoms with Gasteiger partial charge in [-0.3, -0.25) is 4.90 Å². The van der Waals surface area contributed by atoms with Gasteiger partial charge < -0.3 is 5.32 Å². The van der Waals surface area contributed by atoms with Crippen molar-refractivity contribution in [3.63, 3.8) is 0 Å². The van der Waals surface area contributed by atoms with Gasteiger partial charge in [0.15, 0.2) is 0 Å². The van der Waals surface area contributed by atoms with E-state index in [4.69, 9.17) is 0 Å². The second-order valence-electron chi connectivity index (χ2n) is 5.00. The second kappa shape index (κ2) is 3.58. The van der Waals surface area contributed by atoms with Crippen LogP contribution in [0.2, 0.25) is 0 Å². The van der Waals surface area contributed by atoms with Crippen LogP contribution in [-0.4, -0.2) is 36.1 Å². The standard InChI is InChI=1S/C11H22N2/c1-8-6-13(7-9(2)12-8)10(3)11-4-5-11/h8-12H,4-7H2,1-3H3/t8-,9+,10?. The highest BCUT2D eigenvalue weighted by molar-refractivity contribution is 4.90. The largest absolute Gasteiger partial charge is 0.309 e. The van der Waals surface area contributed by atoms with E-state index < -0.39 is 0 Å². The molecule has 76 valence electrons. The molecule has 1 N–H and O–H groups in total. The Morgan fingerprint density at radius 1 is 1.15 bits per heavy atom. The summed E-state index contributed by atoms with van der Waals surface area (Å²) in [6.07, 6.45) is 2.93. The summed E-state index contributed by atoms with van der Waals surface area (Å²) in [5, 5.41) is 3.58. The van der Waals surface area contributed by atoms with E-state index in [0.29, 0.717) is 12.1 Å². The molecule has 2 fully saturated rings. The van der Waals surface area contributed by atoms with Gasteiger partial charge in [0, 0.05) is 31.2 Å². The maximum atomic E-state index is 3.58. The van der Waals surface area contributed by atoms with Crippen molar-refractivity contribution < 1.29 is 0 Å². The third kappa shape index (κ3) is 2.23. The normalized spacial score (nSPS) is 39.0. The molecule has 0 amide bonds. The van der Waals surface area contributed by atoms with Crippen molar-refractivity contribution in [2.75, 3.05) is 13.1 Å². The summed E-state index contributed by atoms with van der Waals surface area (Å²) in [6, 6.07) is 2.17. The van der Waals surface area contributed by atoms with E-state index >= 15 is 0 Å². The molecule has 0 aromatic heterocycles. The van der Waals surface area contributed by atoms with Gasteiger partial charge in [-0.1, -0.05) is 0 Å². The summed E-state index contributed by atoms with van der Waals surface area (Å²) in [5.41, 5.74) is 0. The number of piperazine rings is 1. The zero-order valence-corrected chi connectivity index (χ0v) is 9.09. The predicted octanol–water partition coefficient (Wildman–Crippen LogP) is 1.47. The Hall–Kier alpha value is -0.0800. The molecule has 0 radical (unpaired) electrons. The highest BCUT2D eigenvalue weighted by Gasteiger charge is 2.34. The van der Waals surface area contributed by atoms with Gasteiger partial charge >= 0.3 is 0 Å². The van der Waals surface area contributed by atoms with Crippen molar-refractivity contribution in [1.29, 1.82) is 0 Å². The molecule has 0 spiro atoms. The molecule has 13 heavy (non-hydrogen) atoms. The first-order chi connectivity index (χ1) is 6.16. The van der Waals surface area contributed by atoms with E-state index in [9.17, 15) is 0 Å². The molecular weight excluding hydrogens is 160 g/mol. The van der Waals surface area contributed by atoms with Gasteiger partial charge in [0.1, 0.15) is 0 Å². The quantitative estimate of drug-likeness (QED) is 0.695. The topological polar surface area (TPSA) is 15.3 Å². The molecule has 2 rings (SSSR count). The van der Waals surface area contributed by atoms with Crippen LogP contribution >= 0.6 is 0 Å². The fourth-order valence-electron chi connectivity index (χ4n) is 2.58. The second-order valence-corrected chi connectivity index (χ2v) is 5.00. The van der Waals surface area contributed by atoms with Crippen LogP contribution in [0.15, 0.2) is 0 Å². The van der Waals surface area contributed by atoms with Crippen molar-refractivity contribution in [1.82, 2.24) is 10.2 Å². The van der Waals surface area contributed by atoms with Gasteiger partial charge in [-0.25, -0.2) is 0 Å². The van der Waals surface area contributed by atoms with E-state index in [1.165, 1.54) is 25.9 Å². The highest BCUT2D eigenvalue weighted by atomic mass is 15.2. The fourth-order valence-corrected chi connectivity index (χ4v) is 2.58. The maximum absolute atomic E-state index is 3.58. The molecule has 0 aromatic carbocycles. The Bertz CT molecular complexity index is 167. The van der Waals surface area contributed by atoms with Crippen LogP contribution < -0.4 is 5.32 Å². The smallest absolute Gasteiger partial charge is 0.0169 e. The lowest BCUT2D eigenvalue weighted by molar-refractivity contribution is 0.119. The third-order valence-corrected chi connectivity index (χ3v) is 3.47. The summed E-state index contributed by atoms with van der Waals surface area (Å²) in [6.45, 7) is 9.47. The van der Waals surface area contributed by atoms with Gasteiger partial charge in [-0.2, -0.15) is 0 Å². The number of nitrogens with zero attached hydrogens (tertiary/aromatic N) is 1. The zero-order valence-electron chi connectivity index (χ0n) is 9.09. The lowest BCUT2D eigenvalue weighted by atomic mass is 10.1. The lowest BCUT2D eigenvalue weighted by Gasteiger charge is -2.39. The predicted molar refractivity (Wildman–Crippen MR) is 55.8 cm³/mol. The van der Waals surface area contributed by atoms with Crippen molar-refractivity contribution in [3.8, 4) is 0 Å². The number of hydrogen-bond acceptors (Lipinski definition) is 2. The van der Waals surface area contributed by atoms with Gasteiger partial charge in [0.05, 0.1) is 0 Å². The van der Waals surface area contributed by atoms with Gasteiger partial charge in [0.2, 0.25) is 0 Å². The molecule has 1 aliphatic heterocycles. The minimum absolute atomic E-state index is 0.671. The van der Waals surface area contributed by atoms with E-state index in [0.717, 1.165) is 12.0 Å². The van der Waals surface area contributed by atoms with Gasteiger partial charge in [-0.05, 0) is 39.5 Å². The van der Waals surface area contributed by atoms with E-state index in [1.807, 2.05) is 0 Å². The summed E-state index contributed by atoms with van der Waals surface area (Å²) < 4.78 is 0. The Balaban J connectivity index is 1.89. The monoisotopic (exact) mass is 182 g/mol. The molecular formula is C11H22N2. The average Bonchev–Trinajstić information content (AvgIpc) is 2.83. The van der Waals surface area contributed by atoms with Crippen molar-refractivity contribution >= 4 is 0 Å². The van der Waals surface area contributed by atoms with Crippen LogP contribution in [0.4, 0.5) is 0 Å². The van der Waals surface area contributed by atoms with E-state index in [1.54, 1.807) is 0 Å². The van der Waals surface area contributed by atoms with Crippen molar-refractivity contribution in [2.45, 2.75) is 51.7 Å². The third-order valence-electron chi connectivity index (χ3n) is 3.47. The minimum Gasteiger partial charge on any atom is -0.309 e. The first-order valence-electron chi connectivity index (χ1n) is 5.67. The van der Waals surface area contributed by atoms with Crippen molar-refractivity contribution in [3.05, 3.63) is 0 Å². The average molecular weight is 182 g/mol. The number of hydrogen-bond donors (Lipinski definition) is 1. The lowest BCUT2D eigenvalue weighted by Crippen LogP contribution is -2.56. The first-order valence-corrected chi connectivity index (χ1v) is 5.67. The molecule has 1 aliphatic carbocycles. The van der Waals surface area contributed by atoms with Crippen LogP contribution in [0.25, 0.3) is 0 Å². The Labute approximate surface area is 81.7 Å². The fraction of sp³-hybridized carbons (Fsp3) is 1.00. The zero-order chi connectivity index (χ0) is 9.42. The van der Waals surface area contributed by atoms with Gasteiger partial charge in [0.25, 0.3) is 0 Å². The minimum atomic E-state index is 0.671. The molecule has 1 saturated carbocycles. The molecule has 1 saturated heterocycles. The molecule has 2 aliphatic rings. The van der Waals surface area contributed by atoms with Crippen molar-refractivity contribution in [2.24, 2.45) is 5.92 Å². The Morgan fingerprint density at radius 2 is 1.69 bits per heavy atom. The molecule has 0 bridgehead atoms. The van der Waals surface area contributed by atoms with Gasteiger partial charge in [-0.15, -0.1) is 0 Å². The molecule has 1 heterocycles. The SMILES string of the molecule is CC(C1CC1)N1C[C@@H](C)N[C@@H](C)C1. The number of nitrogens with one attached hydrogen (secondary N) is 1. The van der Waals surface area contributed by atoms with Crippen LogP contribution in [0, 0.1) is 5.92 Å². The molecule has 2 heteroatoms. The highest BCUT2D eigenvalue weighted by Crippen LogP contribution is 2.35. The summed E-state index contributed by atoms with van der Waals surface area (Å²) >= 11 is 0. The van der Waals surface area contributed by atoms with Crippen LogP contribution in [0.3, 0.4) is 0 Å². The van der Waals surface area contributed by atoms with Crippen LogP contribution in [-0.2, 0) is 0 Å². The number of rotatable bonds is 2.